The van der Waals surface area contributed by atoms with E-state index in [0.29, 0.717) is 12.0 Å². The number of aliphatic hydroxyl groups excluding tert-OH is 1. The van der Waals surface area contributed by atoms with Crippen LogP contribution in [0.5, 0.6) is 0 Å². The van der Waals surface area contributed by atoms with Crippen LogP contribution in [0.25, 0.3) is 0 Å². The SMILES string of the molecule is CC1CCCN(CCC(O)c2ccccc2F)CC1. The maximum Gasteiger partial charge on any atom is 0.128 e. The molecule has 3 heteroatoms. The summed E-state index contributed by atoms with van der Waals surface area (Å²) in [7, 11) is 0. The lowest BCUT2D eigenvalue weighted by molar-refractivity contribution is 0.139. The highest BCUT2D eigenvalue weighted by molar-refractivity contribution is 5.19. The molecule has 1 aliphatic heterocycles. The summed E-state index contributed by atoms with van der Waals surface area (Å²) in [6.45, 7) is 5.36. The number of hydrogen-bond donors (Lipinski definition) is 1. The zero-order valence-corrected chi connectivity index (χ0v) is 11.7. The van der Waals surface area contributed by atoms with E-state index in [1.165, 1.54) is 25.3 Å². The highest BCUT2D eigenvalue weighted by Gasteiger charge is 2.17. The van der Waals surface area contributed by atoms with Gasteiger partial charge < -0.3 is 10.0 Å². The van der Waals surface area contributed by atoms with Crippen molar-refractivity contribution in [2.45, 2.75) is 38.7 Å². The molecule has 1 N–H and O–H groups in total. The third kappa shape index (κ3) is 4.29. The number of likely N-dealkylation sites (tertiary alicyclic amines) is 1. The third-order valence-corrected chi connectivity index (χ3v) is 4.09. The van der Waals surface area contributed by atoms with Gasteiger partial charge >= 0.3 is 0 Å². The first-order valence-electron chi connectivity index (χ1n) is 7.31. The number of nitrogens with zero attached hydrogens (tertiary/aromatic N) is 1. The number of hydrogen-bond acceptors (Lipinski definition) is 2. The lowest BCUT2D eigenvalue weighted by Gasteiger charge is -2.21. The highest BCUT2D eigenvalue weighted by Crippen LogP contribution is 2.22. The van der Waals surface area contributed by atoms with Crippen LogP contribution in [0.1, 0.15) is 44.3 Å². The first kappa shape index (κ1) is 14.5. The van der Waals surface area contributed by atoms with Crippen LogP contribution in [-0.2, 0) is 0 Å². The summed E-state index contributed by atoms with van der Waals surface area (Å²) >= 11 is 0. The van der Waals surface area contributed by atoms with E-state index in [1.54, 1.807) is 18.2 Å². The fraction of sp³-hybridized carbons (Fsp3) is 0.625. The monoisotopic (exact) mass is 265 g/mol. The zero-order chi connectivity index (χ0) is 13.7. The molecule has 1 heterocycles. The van der Waals surface area contributed by atoms with Gasteiger partial charge in [0.1, 0.15) is 5.82 Å². The first-order valence-corrected chi connectivity index (χ1v) is 7.31. The molecule has 0 radical (unpaired) electrons. The van der Waals surface area contributed by atoms with Crippen molar-refractivity contribution in [2.75, 3.05) is 19.6 Å². The van der Waals surface area contributed by atoms with Crippen LogP contribution < -0.4 is 0 Å². The minimum absolute atomic E-state index is 0.306. The minimum Gasteiger partial charge on any atom is -0.388 e. The van der Waals surface area contributed by atoms with Crippen LogP contribution in [0, 0.1) is 11.7 Å². The molecule has 1 aromatic rings. The smallest absolute Gasteiger partial charge is 0.128 e. The maximum absolute atomic E-state index is 13.5. The van der Waals surface area contributed by atoms with E-state index in [-0.39, 0.29) is 5.82 Å². The average molecular weight is 265 g/mol. The largest absolute Gasteiger partial charge is 0.388 e. The summed E-state index contributed by atoms with van der Waals surface area (Å²) in [5, 5.41) is 10.1. The molecule has 2 rings (SSSR count). The van der Waals surface area contributed by atoms with Gasteiger partial charge in [0.25, 0.3) is 0 Å². The molecule has 1 aliphatic rings. The van der Waals surface area contributed by atoms with Crippen LogP contribution in [0.4, 0.5) is 4.39 Å². The summed E-state index contributed by atoms with van der Waals surface area (Å²) in [5.74, 6) is 0.501. The van der Waals surface area contributed by atoms with E-state index in [1.807, 2.05) is 0 Å². The van der Waals surface area contributed by atoms with Gasteiger partial charge in [-0.05, 0) is 50.8 Å². The predicted molar refractivity (Wildman–Crippen MR) is 75.4 cm³/mol. The summed E-state index contributed by atoms with van der Waals surface area (Å²) in [6, 6.07) is 6.51. The van der Waals surface area contributed by atoms with Crippen molar-refractivity contribution in [2.24, 2.45) is 5.92 Å². The molecule has 0 amide bonds. The Morgan fingerprint density at radius 3 is 2.89 bits per heavy atom. The van der Waals surface area contributed by atoms with Crippen LogP contribution >= 0.6 is 0 Å². The minimum atomic E-state index is -0.693. The summed E-state index contributed by atoms with van der Waals surface area (Å²) in [6.07, 6.45) is 3.68. The third-order valence-electron chi connectivity index (χ3n) is 4.09. The number of benzene rings is 1. The second kappa shape index (κ2) is 7.01. The van der Waals surface area contributed by atoms with Gasteiger partial charge in [0.15, 0.2) is 0 Å². The van der Waals surface area contributed by atoms with Crippen LogP contribution in [0.2, 0.25) is 0 Å². The molecule has 106 valence electrons. The van der Waals surface area contributed by atoms with Crippen molar-refractivity contribution < 1.29 is 9.50 Å². The fourth-order valence-electron chi connectivity index (χ4n) is 2.75. The van der Waals surface area contributed by atoms with E-state index in [4.69, 9.17) is 0 Å². The Morgan fingerprint density at radius 2 is 2.11 bits per heavy atom. The Hall–Kier alpha value is -0.930. The summed E-state index contributed by atoms with van der Waals surface area (Å²) in [5.41, 5.74) is 0.422. The molecule has 1 saturated heterocycles. The molecule has 0 aliphatic carbocycles. The number of halogens is 1. The lowest BCUT2D eigenvalue weighted by atomic mass is 10.0. The Labute approximate surface area is 115 Å². The number of aliphatic hydroxyl groups is 1. The lowest BCUT2D eigenvalue weighted by Crippen LogP contribution is -2.27. The molecular weight excluding hydrogens is 241 g/mol. The zero-order valence-electron chi connectivity index (χ0n) is 11.7. The van der Waals surface area contributed by atoms with E-state index < -0.39 is 6.10 Å². The van der Waals surface area contributed by atoms with Crippen molar-refractivity contribution in [3.63, 3.8) is 0 Å². The van der Waals surface area contributed by atoms with Gasteiger partial charge in [0.05, 0.1) is 6.10 Å². The van der Waals surface area contributed by atoms with Gasteiger partial charge in [-0.15, -0.1) is 0 Å². The van der Waals surface area contributed by atoms with Gasteiger partial charge in [-0.3, -0.25) is 0 Å². The van der Waals surface area contributed by atoms with Crippen molar-refractivity contribution in [3.8, 4) is 0 Å². The second-order valence-electron chi connectivity index (χ2n) is 5.70. The molecule has 0 spiro atoms. The standard InChI is InChI=1S/C16H24FNO/c1-13-5-4-10-18(11-8-13)12-9-16(19)14-6-2-3-7-15(14)17/h2-3,6-7,13,16,19H,4-5,8-12H2,1H3. The topological polar surface area (TPSA) is 23.5 Å². The van der Waals surface area contributed by atoms with E-state index in [9.17, 15) is 9.50 Å². The van der Waals surface area contributed by atoms with Gasteiger partial charge in [-0.2, -0.15) is 0 Å². The molecular formula is C16H24FNO. The Kier molecular flexibility index (Phi) is 5.34. The molecule has 2 unspecified atom stereocenters. The molecule has 0 bridgehead atoms. The van der Waals surface area contributed by atoms with Crippen molar-refractivity contribution in [1.82, 2.24) is 4.90 Å². The quantitative estimate of drug-likeness (QED) is 0.902. The molecule has 0 aromatic heterocycles. The molecule has 19 heavy (non-hydrogen) atoms. The van der Waals surface area contributed by atoms with Crippen LogP contribution in [0.15, 0.2) is 24.3 Å². The Morgan fingerprint density at radius 1 is 1.32 bits per heavy atom. The second-order valence-corrected chi connectivity index (χ2v) is 5.70. The Balaban J connectivity index is 1.83. The van der Waals surface area contributed by atoms with Gasteiger partial charge in [-0.25, -0.2) is 4.39 Å². The predicted octanol–water partition coefficient (Wildman–Crippen LogP) is 3.37. The van der Waals surface area contributed by atoms with E-state index in [0.717, 1.165) is 25.6 Å². The fourth-order valence-corrected chi connectivity index (χ4v) is 2.75. The van der Waals surface area contributed by atoms with Crippen molar-refractivity contribution >= 4 is 0 Å². The van der Waals surface area contributed by atoms with E-state index >= 15 is 0 Å². The molecule has 1 fully saturated rings. The van der Waals surface area contributed by atoms with Crippen molar-refractivity contribution in [3.05, 3.63) is 35.6 Å². The van der Waals surface area contributed by atoms with Crippen molar-refractivity contribution in [1.29, 1.82) is 0 Å². The molecule has 2 atom stereocenters. The van der Waals surface area contributed by atoms with Crippen LogP contribution in [0.3, 0.4) is 0 Å². The van der Waals surface area contributed by atoms with E-state index in [2.05, 4.69) is 11.8 Å². The number of rotatable bonds is 4. The van der Waals surface area contributed by atoms with Gasteiger partial charge in [0.2, 0.25) is 0 Å². The van der Waals surface area contributed by atoms with Gasteiger partial charge in [0, 0.05) is 12.1 Å². The van der Waals surface area contributed by atoms with Crippen LogP contribution in [-0.4, -0.2) is 29.6 Å². The first-order chi connectivity index (χ1) is 9.16. The van der Waals surface area contributed by atoms with Gasteiger partial charge in [-0.1, -0.05) is 25.1 Å². The average Bonchev–Trinajstić information content (AvgIpc) is 2.61. The highest BCUT2D eigenvalue weighted by atomic mass is 19.1. The Bertz CT molecular complexity index is 396. The summed E-state index contributed by atoms with van der Waals surface area (Å²) in [4.78, 5) is 2.40. The molecule has 1 aromatic carbocycles. The normalized spacial score (nSPS) is 23.0. The maximum atomic E-state index is 13.5. The summed E-state index contributed by atoms with van der Waals surface area (Å²) < 4.78 is 13.5. The molecule has 0 saturated carbocycles. The molecule has 2 nitrogen and oxygen atoms in total.